The quantitative estimate of drug-likeness (QED) is 0.484. The van der Waals surface area contributed by atoms with E-state index in [0.29, 0.717) is 5.56 Å². The highest BCUT2D eigenvalue weighted by Gasteiger charge is 2.27. The summed E-state index contributed by atoms with van der Waals surface area (Å²) in [6, 6.07) is 6.19. The van der Waals surface area contributed by atoms with Crippen LogP contribution in [0.3, 0.4) is 0 Å². The van der Waals surface area contributed by atoms with Gasteiger partial charge in [-0.3, -0.25) is 14.9 Å². The average Bonchev–Trinajstić information content (AvgIpc) is 2.28. The first-order valence-corrected chi connectivity index (χ1v) is 7.89. The first-order chi connectivity index (χ1) is 8.59. The van der Waals surface area contributed by atoms with Crippen molar-refractivity contribution in [2.24, 2.45) is 0 Å². The fourth-order valence-corrected chi connectivity index (χ4v) is 1.21. The molecule has 0 bridgehead atoms. The van der Waals surface area contributed by atoms with E-state index >= 15 is 0 Å². The maximum Gasteiger partial charge on any atom is 0.269 e. The molecular formula is C11H13Cl2NO4S. The summed E-state index contributed by atoms with van der Waals surface area (Å²) in [5, 5.41) is 10.6. The molecule has 0 N–H and O–H groups in total. The summed E-state index contributed by atoms with van der Waals surface area (Å²) in [6.07, 6.45) is 0. The SMILES string of the molecule is CC(=O)C(C)(C)c1cccc([N+](=O)[O-])c1.O=S(Cl)Cl. The summed E-state index contributed by atoms with van der Waals surface area (Å²) in [5.74, 6) is -0.0111. The molecule has 0 spiro atoms. The van der Waals surface area contributed by atoms with E-state index in [1.54, 1.807) is 26.0 Å². The number of non-ortho nitro benzene ring substituents is 1. The zero-order valence-electron chi connectivity index (χ0n) is 10.6. The molecule has 0 aliphatic rings. The lowest BCUT2D eigenvalue weighted by Crippen LogP contribution is -2.26. The van der Waals surface area contributed by atoms with Gasteiger partial charge in [-0.15, -0.1) is 0 Å². The van der Waals surface area contributed by atoms with E-state index in [2.05, 4.69) is 21.4 Å². The Morgan fingerprint density at radius 1 is 1.37 bits per heavy atom. The molecule has 0 fully saturated rings. The van der Waals surface area contributed by atoms with Crippen molar-refractivity contribution in [3.8, 4) is 0 Å². The predicted molar refractivity (Wildman–Crippen MR) is 76.7 cm³/mol. The number of rotatable bonds is 3. The zero-order chi connectivity index (χ0) is 15.2. The van der Waals surface area contributed by atoms with Crippen LogP contribution in [-0.2, 0) is 19.4 Å². The standard InChI is InChI=1S/C11H13NO3.Cl2OS/c1-8(13)11(2,3)9-5-4-6-10(7-9)12(14)15;1-4(2)3/h4-7H,1-3H3;. The summed E-state index contributed by atoms with van der Waals surface area (Å²) < 4.78 is 9.09. The largest absolute Gasteiger partial charge is 0.299 e. The Labute approximate surface area is 122 Å². The Morgan fingerprint density at radius 3 is 2.21 bits per heavy atom. The van der Waals surface area contributed by atoms with Gasteiger partial charge >= 0.3 is 0 Å². The number of benzene rings is 1. The highest BCUT2D eigenvalue weighted by molar-refractivity contribution is 8.26. The second-order valence-electron chi connectivity index (χ2n) is 4.17. The number of Topliss-reactive ketones (excluding diaryl/α,β-unsaturated/α-hetero) is 1. The monoisotopic (exact) mass is 325 g/mol. The second kappa shape index (κ2) is 7.57. The summed E-state index contributed by atoms with van der Waals surface area (Å²) in [6.45, 7) is 5.00. The van der Waals surface area contributed by atoms with E-state index < -0.39 is 19.6 Å². The highest BCUT2D eigenvalue weighted by atomic mass is 36.0. The van der Waals surface area contributed by atoms with Gasteiger partial charge in [-0.25, -0.2) is 4.21 Å². The Hall–Kier alpha value is -0.980. The average molecular weight is 326 g/mol. The topological polar surface area (TPSA) is 77.3 Å². The summed E-state index contributed by atoms with van der Waals surface area (Å²) in [7, 11) is 7.36. The van der Waals surface area contributed by atoms with Crippen LogP contribution in [0.1, 0.15) is 26.3 Å². The molecule has 0 radical (unpaired) electrons. The van der Waals surface area contributed by atoms with Gasteiger partial charge in [0, 0.05) is 38.9 Å². The van der Waals surface area contributed by atoms with Gasteiger partial charge < -0.3 is 0 Å². The van der Waals surface area contributed by atoms with Crippen molar-refractivity contribution in [2.75, 3.05) is 0 Å². The number of nitro benzene ring substituents is 1. The van der Waals surface area contributed by atoms with Gasteiger partial charge in [-0.2, -0.15) is 0 Å². The molecule has 0 amide bonds. The minimum Gasteiger partial charge on any atom is -0.299 e. The van der Waals surface area contributed by atoms with E-state index in [9.17, 15) is 14.9 Å². The van der Waals surface area contributed by atoms with Gasteiger partial charge in [0.2, 0.25) is 9.23 Å². The number of nitrogens with zero attached hydrogens (tertiary/aromatic N) is 1. The molecule has 0 aromatic heterocycles. The molecule has 0 heterocycles. The first-order valence-electron chi connectivity index (χ1n) is 5.09. The van der Waals surface area contributed by atoms with Crippen molar-refractivity contribution < 1.29 is 13.9 Å². The van der Waals surface area contributed by atoms with Gasteiger partial charge in [-0.1, -0.05) is 12.1 Å². The van der Waals surface area contributed by atoms with Crippen LogP contribution in [0.2, 0.25) is 0 Å². The number of hydrogen-bond acceptors (Lipinski definition) is 4. The third-order valence-corrected chi connectivity index (χ3v) is 2.66. The van der Waals surface area contributed by atoms with Crippen molar-refractivity contribution in [2.45, 2.75) is 26.2 Å². The van der Waals surface area contributed by atoms with Crippen LogP contribution in [0.5, 0.6) is 0 Å². The number of hydrogen-bond donors (Lipinski definition) is 0. The van der Waals surface area contributed by atoms with Crippen molar-refractivity contribution in [3.05, 3.63) is 39.9 Å². The number of carbonyl (C=O) groups is 1. The lowest BCUT2D eigenvalue weighted by atomic mass is 9.81. The van der Waals surface area contributed by atoms with Gasteiger partial charge in [0.15, 0.2) is 0 Å². The van der Waals surface area contributed by atoms with Crippen molar-refractivity contribution >= 4 is 42.1 Å². The minimum atomic E-state index is -1.67. The maximum absolute atomic E-state index is 11.4. The number of carbonyl (C=O) groups excluding carboxylic acids is 1. The van der Waals surface area contributed by atoms with Crippen LogP contribution in [0.15, 0.2) is 24.3 Å². The van der Waals surface area contributed by atoms with Gasteiger partial charge in [-0.05, 0) is 26.3 Å². The van der Waals surface area contributed by atoms with E-state index in [4.69, 9.17) is 4.21 Å². The second-order valence-corrected chi connectivity index (χ2v) is 6.70. The van der Waals surface area contributed by atoms with Crippen LogP contribution in [0.4, 0.5) is 5.69 Å². The van der Waals surface area contributed by atoms with Crippen LogP contribution in [0, 0.1) is 10.1 Å². The lowest BCUT2D eigenvalue weighted by molar-refractivity contribution is -0.384. The third kappa shape index (κ3) is 6.13. The van der Waals surface area contributed by atoms with Crippen molar-refractivity contribution in [1.82, 2.24) is 0 Å². The molecule has 8 heteroatoms. The van der Waals surface area contributed by atoms with E-state index in [0.717, 1.165) is 0 Å². The Bertz CT molecular complexity index is 501. The molecule has 1 aromatic carbocycles. The summed E-state index contributed by atoms with van der Waals surface area (Å²) in [5.41, 5.74) is 0.0116. The van der Waals surface area contributed by atoms with Crippen LogP contribution >= 0.6 is 21.4 Å². The minimum absolute atomic E-state index is 0.0111. The Kier molecular flexibility index (Phi) is 7.18. The third-order valence-electron chi connectivity index (χ3n) is 2.66. The lowest BCUT2D eigenvalue weighted by Gasteiger charge is -2.21. The summed E-state index contributed by atoms with van der Waals surface area (Å²) >= 11 is 0. The highest BCUT2D eigenvalue weighted by Crippen LogP contribution is 2.26. The molecule has 0 saturated carbocycles. The van der Waals surface area contributed by atoms with Crippen LogP contribution in [0.25, 0.3) is 0 Å². The number of ketones is 1. The van der Waals surface area contributed by atoms with E-state index in [1.165, 1.54) is 19.1 Å². The van der Waals surface area contributed by atoms with E-state index in [-0.39, 0.29) is 11.5 Å². The molecule has 0 aliphatic carbocycles. The fourth-order valence-electron chi connectivity index (χ4n) is 1.21. The molecule has 0 unspecified atom stereocenters. The summed E-state index contributed by atoms with van der Waals surface area (Å²) in [4.78, 5) is 21.5. The molecular weight excluding hydrogens is 313 g/mol. The molecule has 0 atom stereocenters. The normalized spacial score (nSPS) is 10.6. The van der Waals surface area contributed by atoms with Crippen LogP contribution < -0.4 is 0 Å². The maximum atomic E-state index is 11.4. The molecule has 1 aromatic rings. The molecule has 0 saturated heterocycles. The molecule has 5 nitrogen and oxygen atoms in total. The Morgan fingerprint density at radius 2 is 1.84 bits per heavy atom. The number of halogens is 2. The number of nitro groups is 1. The van der Waals surface area contributed by atoms with Gasteiger partial charge in [0.05, 0.1) is 4.92 Å². The van der Waals surface area contributed by atoms with Gasteiger partial charge in [0.25, 0.3) is 5.69 Å². The molecule has 19 heavy (non-hydrogen) atoms. The smallest absolute Gasteiger partial charge is 0.269 e. The zero-order valence-corrected chi connectivity index (χ0v) is 12.9. The Balaban J connectivity index is 0.000000711. The van der Waals surface area contributed by atoms with Crippen LogP contribution in [-0.4, -0.2) is 14.9 Å². The van der Waals surface area contributed by atoms with Gasteiger partial charge in [0.1, 0.15) is 5.78 Å². The molecule has 0 aliphatic heterocycles. The van der Waals surface area contributed by atoms with Crippen molar-refractivity contribution in [3.63, 3.8) is 0 Å². The van der Waals surface area contributed by atoms with E-state index in [1.807, 2.05) is 0 Å². The molecule has 1 rings (SSSR count). The fraction of sp³-hybridized carbons (Fsp3) is 0.364. The molecule has 106 valence electrons. The predicted octanol–water partition coefficient (Wildman–Crippen LogP) is 3.50. The van der Waals surface area contributed by atoms with Crippen molar-refractivity contribution in [1.29, 1.82) is 0 Å². The first kappa shape index (κ1) is 18.0.